The van der Waals surface area contributed by atoms with E-state index in [4.69, 9.17) is 5.73 Å². The molecule has 0 saturated carbocycles. The number of hydrogen-bond acceptors (Lipinski definition) is 3. The van der Waals surface area contributed by atoms with Crippen molar-refractivity contribution in [1.29, 1.82) is 0 Å². The van der Waals surface area contributed by atoms with Gasteiger partial charge in [-0.1, -0.05) is 25.1 Å². The molecule has 104 valence electrons. The molecular formula is C15H23N3O. The van der Waals surface area contributed by atoms with Gasteiger partial charge in [0.15, 0.2) is 0 Å². The van der Waals surface area contributed by atoms with Crippen LogP contribution in [0.25, 0.3) is 0 Å². The lowest BCUT2D eigenvalue weighted by Gasteiger charge is -2.28. The van der Waals surface area contributed by atoms with Crippen molar-refractivity contribution in [3.8, 4) is 0 Å². The van der Waals surface area contributed by atoms with E-state index in [1.807, 2.05) is 43.1 Å². The summed E-state index contributed by atoms with van der Waals surface area (Å²) >= 11 is 0. The SMILES string of the molecule is Cc1ccccc1N1CC(C)CN(C)C(CN)C1=O. The molecule has 1 aromatic rings. The van der Waals surface area contributed by atoms with Crippen LogP contribution in [0.4, 0.5) is 5.69 Å². The van der Waals surface area contributed by atoms with Crippen molar-refractivity contribution >= 4 is 11.6 Å². The minimum absolute atomic E-state index is 0.114. The van der Waals surface area contributed by atoms with Crippen LogP contribution in [0.2, 0.25) is 0 Å². The van der Waals surface area contributed by atoms with Gasteiger partial charge in [0.2, 0.25) is 5.91 Å². The summed E-state index contributed by atoms with van der Waals surface area (Å²) in [5, 5.41) is 0. The number of para-hydroxylation sites is 1. The van der Waals surface area contributed by atoms with Crippen LogP contribution < -0.4 is 10.6 Å². The summed E-state index contributed by atoms with van der Waals surface area (Å²) in [4.78, 5) is 16.7. The second kappa shape index (κ2) is 5.72. The summed E-state index contributed by atoms with van der Waals surface area (Å²) in [7, 11) is 1.98. The molecule has 2 unspecified atom stereocenters. The molecule has 1 saturated heterocycles. The Balaban J connectivity index is 2.38. The van der Waals surface area contributed by atoms with Crippen LogP contribution in [0.5, 0.6) is 0 Å². The van der Waals surface area contributed by atoms with Crippen molar-refractivity contribution in [2.75, 3.05) is 31.6 Å². The lowest BCUT2D eigenvalue weighted by atomic mass is 10.1. The van der Waals surface area contributed by atoms with Crippen LogP contribution in [-0.2, 0) is 4.79 Å². The zero-order chi connectivity index (χ0) is 14.0. The molecule has 4 heteroatoms. The molecule has 0 aromatic heterocycles. The first-order chi connectivity index (χ1) is 9.04. The molecule has 0 aliphatic carbocycles. The Morgan fingerprint density at radius 3 is 2.63 bits per heavy atom. The van der Waals surface area contributed by atoms with Crippen molar-refractivity contribution in [3.63, 3.8) is 0 Å². The van der Waals surface area contributed by atoms with Gasteiger partial charge in [0.25, 0.3) is 0 Å². The second-order valence-corrected chi connectivity index (χ2v) is 5.53. The first kappa shape index (κ1) is 14.0. The van der Waals surface area contributed by atoms with Crippen LogP contribution >= 0.6 is 0 Å². The second-order valence-electron chi connectivity index (χ2n) is 5.53. The van der Waals surface area contributed by atoms with Crippen molar-refractivity contribution in [3.05, 3.63) is 29.8 Å². The summed E-state index contributed by atoms with van der Waals surface area (Å²) in [6.07, 6.45) is 0. The Morgan fingerprint density at radius 2 is 2.00 bits per heavy atom. The van der Waals surface area contributed by atoms with Crippen molar-refractivity contribution in [2.45, 2.75) is 19.9 Å². The number of benzene rings is 1. The van der Waals surface area contributed by atoms with E-state index >= 15 is 0 Å². The number of aryl methyl sites for hydroxylation is 1. The van der Waals surface area contributed by atoms with Crippen LogP contribution in [0.3, 0.4) is 0 Å². The largest absolute Gasteiger partial charge is 0.328 e. The third-order valence-corrected chi connectivity index (χ3v) is 3.81. The summed E-state index contributed by atoms with van der Waals surface area (Å²) in [5.74, 6) is 0.550. The van der Waals surface area contributed by atoms with Gasteiger partial charge in [0.05, 0.1) is 0 Å². The van der Waals surface area contributed by atoms with Gasteiger partial charge in [0.1, 0.15) is 6.04 Å². The molecule has 0 spiro atoms. The van der Waals surface area contributed by atoms with Crippen LogP contribution in [0, 0.1) is 12.8 Å². The van der Waals surface area contributed by atoms with Crippen LogP contribution in [0.1, 0.15) is 12.5 Å². The van der Waals surface area contributed by atoms with Gasteiger partial charge < -0.3 is 10.6 Å². The number of anilines is 1. The summed E-state index contributed by atoms with van der Waals surface area (Å²) in [6, 6.07) is 7.81. The maximum absolute atomic E-state index is 12.7. The average molecular weight is 261 g/mol. The highest BCUT2D eigenvalue weighted by molar-refractivity contribution is 5.98. The molecule has 1 aliphatic heterocycles. The first-order valence-electron chi connectivity index (χ1n) is 6.82. The number of nitrogens with two attached hydrogens (primary N) is 1. The molecule has 2 atom stereocenters. The van der Waals surface area contributed by atoms with Gasteiger partial charge in [-0.25, -0.2) is 0 Å². The zero-order valence-electron chi connectivity index (χ0n) is 12.0. The number of carbonyl (C=O) groups is 1. The van der Waals surface area contributed by atoms with E-state index < -0.39 is 0 Å². The molecule has 1 amide bonds. The molecule has 19 heavy (non-hydrogen) atoms. The number of nitrogens with zero attached hydrogens (tertiary/aromatic N) is 2. The molecule has 2 rings (SSSR count). The Hall–Kier alpha value is -1.39. The maximum atomic E-state index is 12.7. The third-order valence-electron chi connectivity index (χ3n) is 3.81. The van der Waals surface area contributed by atoms with E-state index in [1.165, 1.54) is 0 Å². The quantitative estimate of drug-likeness (QED) is 0.871. The zero-order valence-corrected chi connectivity index (χ0v) is 12.0. The predicted octanol–water partition coefficient (Wildman–Crippen LogP) is 1.24. The van der Waals surface area contributed by atoms with Crippen LogP contribution in [-0.4, -0.2) is 43.5 Å². The predicted molar refractivity (Wildman–Crippen MR) is 78.2 cm³/mol. The van der Waals surface area contributed by atoms with E-state index in [0.29, 0.717) is 12.5 Å². The highest BCUT2D eigenvalue weighted by Crippen LogP contribution is 2.24. The third kappa shape index (κ3) is 2.80. The minimum Gasteiger partial charge on any atom is -0.328 e. The maximum Gasteiger partial charge on any atom is 0.245 e. The van der Waals surface area contributed by atoms with Crippen LogP contribution in [0.15, 0.2) is 24.3 Å². The average Bonchev–Trinajstić information content (AvgIpc) is 2.47. The van der Waals surface area contributed by atoms with Gasteiger partial charge in [-0.2, -0.15) is 0 Å². The molecule has 4 nitrogen and oxygen atoms in total. The van der Waals surface area contributed by atoms with Gasteiger partial charge in [0, 0.05) is 25.3 Å². The Bertz CT molecular complexity index is 460. The summed E-state index contributed by atoms with van der Waals surface area (Å²) < 4.78 is 0. The molecule has 2 N–H and O–H groups in total. The highest BCUT2D eigenvalue weighted by atomic mass is 16.2. The standard InChI is InChI=1S/C15H23N3O/c1-11-9-17(3)14(8-16)15(19)18(10-11)13-7-5-4-6-12(13)2/h4-7,11,14H,8-10,16H2,1-3H3. The van der Waals surface area contributed by atoms with E-state index in [-0.39, 0.29) is 11.9 Å². The van der Waals surface area contributed by atoms with Gasteiger partial charge in [-0.05, 0) is 31.5 Å². The molecular weight excluding hydrogens is 238 g/mol. The molecule has 1 aromatic carbocycles. The molecule has 1 fully saturated rings. The van der Waals surface area contributed by atoms with Gasteiger partial charge in [-0.15, -0.1) is 0 Å². The molecule has 1 heterocycles. The molecule has 1 aliphatic rings. The van der Waals surface area contributed by atoms with E-state index in [1.54, 1.807) is 0 Å². The first-order valence-corrected chi connectivity index (χ1v) is 6.82. The minimum atomic E-state index is -0.218. The number of hydrogen-bond donors (Lipinski definition) is 1. The smallest absolute Gasteiger partial charge is 0.245 e. The number of amides is 1. The van der Waals surface area contributed by atoms with E-state index in [9.17, 15) is 4.79 Å². The fraction of sp³-hybridized carbons (Fsp3) is 0.533. The topological polar surface area (TPSA) is 49.6 Å². The normalized spacial score (nSPS) is 25.5. The summed E-state index contributed by atoms with van der Waals surface area (Å²) in [5.41, 5.74) is 7.92. The number of carbonyl (C=O) groups excluding carboxylic acids is 1. The number of likely N-dealkylation sites (N-methyl/N-ethyl adjacent to an activating group) is 1. The van der Waals surface area contributed by atoms with E-state index in [2.05, 4.69) is 11.8 Å². The Kier molecular flexibility index (Phi) is 4.22. The van der Waals surface area contributed by atoms with Crippen molar-refractivity contribution < 1.29 is 4.79 Å². The Labute approximate surface area is 115 Å². The monoisotopic (exact) mass is 261 g/mol. The van der Waals surface area contributed by atoms with Gasteiger partial charge in [-0.3, -0.25) is 9.69 Å². The Morgan fingerprint density at radius 1 is 1.32 bits per heavy atom. The van der Waals surface area contributed by atoms with E-state index in [0.717, 1.165) is 24.3 Å². The van der Waals surface area contributed by atoms with Gasteiger partial charge >= 0.3 is 0 Å². The highest BCUT2D eigenvalue weighted by Gasteiger charge is 2.33. The molecule has 0 bridgehead atoms. The lowest BCUT2D eigenvalue weighted by molar-refractivity contribution is -0.122. The fourth-order valence-electron chi connectivity index (χ4n) is 2.81. The van der Waals surface area contributed by atoms with Crippen molar-refractivity contribution in [1.82, 2.24) is 4.90 Å². The van der Waals surface area contributed by atoms with Crippen molar-refractivity contribution in [2.24, 2.45) is 11.7 Å². The molecule has 0 radical (unpaired) electrons. The fourth-order valence-corrected chi connectivity index (χ4v) is 2.81. The summed E-state index contributed by atoms with van der Waals surface area (Å²) in [6.45, 7) is 6.23. The number of rotatable bonds is 2. The lowest BCUT2D eigenvalue weighted by Crippen LogP contribution is -2.48.